The summed E-state index contributed by atoms with van der Waals surface area (Å²) in [4.78, 5) is 0. The minimum absolute atomic E-state index is 0.944. The first-order valence-corrected chi connectivity index (χ1v) is 9.70. The van der Waals surface area contributed by atoms with Crippen molar-refractivity contribution in [1.29, 1.82) is 0 Å². The molecule has 0 N–H and O–H groups in total. The van der Waals surface area contributed by atoms with Crippen LogP contribution in [0.5, 0.6) is 11.5 Å². The monoisotopic (exact) mass is 346 g/mol. The molecule has 0 bridgehead atoms. The average Bonchev–Trinajstić information content (AvgIpc) is 2.57. The molecule has 0 spiro atoms. The maximum atomic E-state index is 6.28. The molecule has 0 radical (unpaired) electrons. The molecule has 0 saturated carbocycles. The highest BCUT2D eigenvalue weighted by atomic mass is 31.0. The van der Waals surface area contributed by atoms with Gasteiger partial charge in [-0.2, -0.15) is 0 Å². The highest BCUT2D eigenvalue weighted by Crippen LogP contribution is 2.27. The van der Waals surface area contributed by atoms with E-state index >= 15 is 0 Å². The predicted octanol–water partition coefficient (Wildman–Crippen LogP) is 4.73. The molecule has 0 saturated heterocycles. The van der Waals surface area contributed by atoms with Gasteiger partial charge in [-0.1, -0.05) is 39.8 Å². The van der Waals surface area contributed by atoms with Gasteiger partial charge in [0.1, 0.15) is 11.5 Å². The summed E-state index contributed by atoms with van der Waals surface area (Å²) in [6.07, 6.45) is 4.18. The quantitative estimate of drug-likeness (QED) is 0.687. The zero-order chi connectivity index (χ0) is 17.0. The number of ether oxygens (including phenoxy) is 1. The summed E-state index contributed by atoms with van der Waals surface area (Å²) < 4.78 is 6.28. The lowest BCUT2D eigenvalue weighted by Crippen LogP contribution is -2.12. The fourth-order valence-corrected chi connectivity index (χ4v) is 4.26. The maximum absolute atomic E-state index is 6.28. The van der Waals surface area contributed by atoms with Gasteiger partial charge in [0.2, 0.25) is 0 Å². The molecule has 3 heteroatoms. The van der Waals surface area contributed by atoms with Crippen molar-refractivity contribution < 1.29 is 4.74 Å². The lowest BCUT2D eigenvalue weighted by atomic mass is 10.0. The Hall–Kier alpha value is -0.900. The summed E-state index contributed by atoms with van der Waals surface area (Å²) >= 11 is 0. The second-order valence-corrected chi connectivity index (χ2v) is 6.90. The first-order chi connectivity index (χ1) is 11.1. The van der Waals surface area contributed by atoms with Gasteiger partial charge in [-0.15, -0.1) is 18.5 Å². The van der Waals surface area contributed by atoms with Gasteiger partial charge in [0.15, 0.2) is 0 Å². The van der Waals surface area contributed by atoms with Crippen molar-refractivity contribution in [3.63, 3.8) is 0 Å². The summed E-state index contributed by atoms with van der Waals surface area (Å²) in [6, 6.07) is 8.60. The van der Waals surface area contributed by atoms with E-state index in [0.29, 0.717) is 0 Å². The van der Waals surface area contributed by atoms with E-state index in [1.807, 2.05) is 0 Å². The lowest BCUT2D eigenvalue weighted by Gasteiger charge is -2.18. The Morgan fingerprint density at radius 1 is 0.652 bits per heavy atom. The van der Waals surface area contributed by atoms with E-state index < -0.39 is 0 Å². The largest absolute Gasteiger partial charge is 0.456 e. The first kappa shape index (κ1) is 18.4. The molecule has 0 heterocycles. The molecule has 124 valence electrons. The molecule has 23 heavy (non-hydrogen) atoms. The molecule has 2 unspecified atom stereocenters. The van der Waals surface area contributed by atoms with Crippen molar-refractivity contribution in [2.24, 2.45) is 0 Å². The van der Waals surface area contributed by atoms with E-state index in [0.717, 1.165) is 37.2 Å². The van der Waals surface area contributed by atoms with Gasteiger partial charge >= 0.3 is 0 Å². The molecule has 2 aromatic rings. The Kier molecular flexibility index (Phi) is 6.63. The molecule has 2 rings (SSSR count). The van der Waals surface area contributed by atoms with Crippen molar-refractivity contribution in [2.45, 2.75) is 53.4 Å². The van der Waals surface area contributed by atoms with Crippen LogP contribution >= 0.6 is 18.5 Å². The Morgan fingerprint density at radius 2 is 1.04 bits per heavy atom. The zero-order valence-electron chi connectivity index (χ0n) is 14.7. The summed E-state index contributed by atoms with van der Waals surface area (Å²) in [5.41, 5.74) is 5.60. The molecule has 0 fully saturated rings. The van der Waals surface area contributed by atoms with Crippen LogP contribution in [0.3, 0.4) is 0 Å². The number of hydrogen-bond acceptors (Lipinski definition) is 1. The van der Waals surface area contributed by atoms with E-state index in [2.05, 4.69) is 70.4 Å². The Balaban J connectivity index is 2.44. The minimum Gasteiger partial charge on any atom is -0.456 e. The Bertz CT molecular complexity index is 633. The van der Waals surface area contributed by atoms with Crippen molar-refractivity contribution in [2.75, 3.05) is 0 Å². The van der Waals surface area contributed by atoms with E-state index in [1.165, 1.54) is 32.9 Å². The van der Waals surface area contributed by atoms with Gasteiger partial charge in [0, 0.05) is 10.6 Å². The normalized spacial score (nSPS) is 10.9. The van der Waals surface area contributed by atoms with Crippen molar-refractivity contribution in [3.8, 4) is 11.5 Å². The maximum Gasteiger partial charge on any atom is 0.134 e. The summed E-state index contributed by atoms with van der Waals surface area (Å²) in [7, 11) is 5.75. The van der Waals surface area contributed by atoms with Gasteiger partial charge < -0.3 is 4.74 Å². The van der Waals surface area contributed by atoms with Gasteiger partial charge in [-0.25, -0.2) is 0 Å². The van der Waals surface area contributed by atoms with Crippen LogP contribution in [-0.2, 0) is 25.7 Å². The van der Waals surface area contributed by atoms with Crippen molar-refractivity contribution in [3.05, 3.63) is 46.5 Å². The van der Waals surface area contributed by atoms with Crippen LogP contribution < -0.4 is 15.3 Å². The van der Waals surface area contributed by atoms with Gasteiger partial charge in [0.05, 0.1) is 0 Å². The highest BCUT2D eigenvalue weighted by Gasteiger charge is 2.13. The number of benzene rings is 2. The zero-order valence-corrected chi connectivity index (χ0v) is 17.0. The van der Waals surface area contributed by atoms with Crippen LogP contribution in [0.2, 0.25) is 0 Å². The number of hydrogen-bond donors (Lipinski definition) is 0. The molecule has 0 aliphatic carbocycles. The van der Waals surface area contributed by atoms with Crippen molar-refractivity contribution >= 4 is 29.1 Å². The van der Waals surface area contributed by atoms with Gasteiger partial charge in [0.25, 0.3) is 0 Å². The summed E-state index contributed by atoms with van der Waals surface area (Å²) in [6.45, 7) is 8.82. The van der Waals surface area contributed by atoms with Gasteiger partial charge in [-0.3, -0.25) is 0 Å². The highest BCUT2D eigenvalue weighted by molar-refractivity contribution is 7.28. The second kappa shape index (κ2) is 8.27. The van der Waals surface area contributed by atoms with E-state index in [1.54, 1.807) is 0 Å². The van der Waals surface area contributed by atoms with Crippen LogP contribution in [0, 0.1) is 0 Å². The molecule has 0 aliphatic rings. The summed E-state index contributed by atoms with van der Waals surface area (Å²) in [5.74, 6) is 1.89. The van der Waals surface area contributed by atoms with Crippen LogP contribution in [0.15, 0.2) is 24.3 Å². The number of rotatable bonds is 6. The minimum atomic E-state index is 0.944. The SMILES string of the molecule is CCc1ccc(Oc2ccc(CC)c(CC)c2P)c(P)c1CC. The molecule has 0 amide bonds. The standard InChI is InChI=1S/C20H28OP2/c1-5-13-9-11-17(19(22)15(13)7-3)21-18-12-10-14(6-2)16(8-4)20(18)23/h9-12H,5-8,22-23H2,1-4H3. The molecule has 0 aliphatic heterocycles. The molecule has 2 aromatic carbocycles. The van der Waals surface area contributed by atoms with E-state index in [9.17, 15) is 0 Å². The van der Waals surface area contributed by atoms with E-state index in [-0.39, 0.29) is 0 Å². The first-order valence-electron chi connectivity index (χ1n) is 8.55. The average molecular weight is 346 g/mol. The van der Waals surface area contributed by atoms with Crippen LogP contribution in [0.25, 0.3) is 0 Å². The lowest BCUT2D eigenvalue weighted by molar-refractivity contribution is 0.489. The fourth-order valence-electron chi connectivity index (χ4n) is 3.17. The summed E-state index contributed by atoms with van der Waals surface area (Å²) in [5, 5.41) is 2.38. The molecule has 0 aromatic heterocycles. The van der Waals surface area contributed by atoms with Crippen LogP contribution in [0.1, 0.15) is 49.9 Å². The third kappa shape index (κ3) is 3.78. The van der Waals surface area contributed by atoms with Crippen LogP contribution in [-0.4, -0.2) is 0 Å². The van der Waals surface area contributed by atoms with Gasteiger partial charge in [-0.05, 0) is 60.1 Å². The predicted molar refractivity (Wildman–Crippen MR) is 109 cm³/mol. The molecular weight excluding hydrogens is 318 g/mol. The van der Waals surface area contributed by atoms with E-state index in [4.69, 9.17) is 4.74 Å². The number of aryl methyl sites for hydroxylation is 2. The molecule has 1 nitrogen and oxygen atoms in total. The third-order valence-corrected chi connectivity index (χ3v) is 5.78. The second-order valence-electron chi connectivity index (χ2n) is 5.75. The van der Waals surface area contributed by atoms with Crippen molar-refractivity contribution in [1.82, 2.24) is 0 Å². The Labute approximate surface area is 145 Å². The third-order valence-electron chi connectivity index (χ3n) is 4.52. The molecular formula is C20H28OP2. The Morgan fingerprint density at radius 3 is 1.35 bits per heavy atom. The topological polar surface area (TPSA) is 9.23 Å². The van der Waals surface area contributed by atoms with Crippen LogP contribution in [0.4, 0.5) is 0 Å². The molecule has 2 atom stereocenters. The smallest absolute Gasteiger partial charge is 0.134 e. The fraction of sp³-hybridized carbons (Fsp3) is 0.400.